The zero-order valence-corrected chi connectivity index (χ0v) is 16.0. The number of ether oxygens (including phenoxy) is 1. The molecule has 0 radical (unpaired) electrons. The Kier molecular flexibility index (Phi) is 6.82. The van der Waals surface area contributed by atoms with Gasteiger partial charge in [0.15, 0.2) is 5.16 Å². The quantitative estimate of drug-likeness (QED) is 0.408. The topological polar surface area (TPSA) is 87.2 Å². The predicted octanol–water partition coefficient (Wildman–Crippen LogP) is 2.55. The Hall–Kier alpha value is -1.38. The molecule has 0 saturated heterocycles. The summed E-state index contributed by atoms with van der Waals surface area (Å²) in [5, 5.41) is 0.567. The molecule has 0 aliphatic carbocycles. The van der Waals surface area contributed by atoms with E-state index in [1.165, 1.54) is 11.8 Å². The van der Waals surface area contributed by atoms with E-state index in [4.69, 9.17) is 10.5 Å². The number of nitrogens with two attached hydrogens (primary N) is 1. The van der Waals surface area contributed by atoms with Crippen molar-refractivity contribution in [1.29, 1.82) is 0 Å². The SMILES string of the molecule is CCOCCCn1c(S[C@@H](C)C(N)=O)nc2ccc(Br)cc2c1=O. The number of halogens is 1. The first kappa shape index (κ1) is 19.0. The summed E-state index contributed by atoms with van der Waals surface area (Å²) in [6.45, 7) is 5.31. The average Bonchev–Trinajstić information content (AvgIpc) is 2.54. The summed E-state index contributed by atoms with van der Waals surface area (Å²) in [5.41, 5.74) is 5.82. The van der Waals surface area contributed by atoms with Crippen LogP contribution < -0.4 is 11.3 Å². The first-order valence-corrected chi connectivity index (χ1v) is 9.35. The molecular formula is C16H20BrN3O3S. The van der Waals surface area contributed by atoms with Crippen LogP contribution >= 0.6 is 27.7 Å². The van der Waals surface area contributed by atoms with E-state index in [1.807, 2.05) is 13.0 Å². The van der Waals surface area contributed by atoms with E-state index in [1.54, 1.807) is 23.6 Å². The Balaban J connectivity index is 2.45. The third kappa shape index (κ3) is 4.58. The number of hydrogen-bond donors (Lipinski definition) is 1. The highest BCUT2D eigenvalue weighted by atomic mass is 79.9. The number of nitrogens with zero attached hydrogens (tertiary/aromatic N) is 2. The number of benzene rings is 1. The van der Waals surface area contributed by atoms with E-state index < -0.39 is 11.2 Å². The lowest BCUT2D eigenvalue weighted by molar-refractivity contribution is -0.117. The van der Waals surface area contributed by atoms with Crippen LogP contribution in [0.2, 0.25) is 0 Å². The number of primary amides is 1. The number of fused-ring (bicyclic) bond motifs is 1. The maximum Gasteiger partial charge on any atom is 0.262 e. The van der Waals surface area contributed by atoms with Crippen LogP contribution in [0.25, 0.3) is 10.9 Å². The van der Waals surface area contributed by atoms with Gasteiger partial charge in [0, 0.05) is 24.2 Å². The van der Waals surface area contributed by atoms with Gasteiger partial charge in [-0.05, 0) is 38.5 Å². The van der Waals surface area contributed by atoms with Gasteiger partial charge in [0.1, 0.15) is 0 Å². The molecule has 0 aliphatic heterocycles. The lowest BCUT2D eigenvalue weighted by atomic mass is 10.2. The maximum absolute atomic E-state index is 12.8. The molecule has 2 rings (SSSR count). The lowest BCUT2D eigenvalue weighted by Gasteiger charge is -2.15. The van der Waals surface area contributed by atoms with Gasteiger partial charge in [-0.2, -0.15) is 0 Å². The molecule has 8 heteroatoms. The molecule has 0 saturated carbocycles. The monoisotopic (exact) mass is 413 g/mol. The van der Waals surface area contributed by atoms with Crippen molar-refractivity contribution in [2.75, 3.05) is 13.2 Å². The molecule has 0 aliphatic rings. The molecule has 1 amide bonds. The molecule has 1 aromatic heterocycles. The van der Waals surface area contributed by atoms with Gasteiger partial charge in [-0.25, -0.2) is 4.98 Å². The minimum Gasteiger partial charge on any atom is -0.382 e. The highest BCUT2D eigenvalue weighted by Crippen LogP contribution is 2.23. The molecular weight excluding hydrogens is 394 g/mol. The molecule has 6 nitrogen and oxygen atoms in total. The summed E-state index contributed by atoms with van der Waals surface area (Å²) >= 11 is 4.58. The first-order chi connectivity index (χ1) is 11.4. The summed E-state index contributed by atoms with van der Waals surface area (Å²) in [5.74, 6) is -0.439. The highest BCUT2D eigenvalue weighted by Gasteiger charge is 2.17. The lowest BCUT2D eigenvalue weighted by Crippen LogP contribution is -2.27. The van der Waals surface area contributed by atoms with Gasteiger partial charge in [0.2, 0.25) is 5.91 Å². The van der Waals surface area contributed by atoms with Crippen molar-refractivity contribution in [2.45, 2.75) is 37.2 Å². The van der Waals surface area contributed by atoms with Gasteiger partial charge in [-0.3, -0.25) is 14.2 Å². The molecule has 2 aromatic rings. The Morgan fingerprint density at radius 1 is 1.50 bits per heavy atom. The molecule has 24 heavy (non-hydrogen) atoms. The second-order valence-electron chi connectivity index (χ2n) is 5.23. The Morgan fingerprint density at radius 3 is 2.92 bits per heavy atom. The number of carbonyl (C=O) groups excluding carboxylic acids is 1. The molecule has 0 spiro atoms. The number of amides is 1. The van der Waals surface area contributed by atoms with Gasteiger partial charge in [-0.15, -0.1) is 0 Å². The number of aromatic nitrogens is 2. The Bertz CT molecular complexity index is 794. The summed E-state index contributed by atoms with van der Waals surface area (Å²) < 4.78 is 7.75. The van der Waals surface area contributed by atoms with Crippen LogP contribution in [0.1, 0.15) is 20.3 Å². The van der Waals surface area contributed by atoms with E-state index >= 15 is 0 Å². The van der Waals surface area contributed by atoms with Crippen LogP contribution in [0.15, 0.2) is 32.6 Å². The summed E-state index contributed by atoms with van der Waals surface area (Å²) in [7, 11) is 0. The molecule has 2 N–H and O–H groups in total. The molecule has 0 unspecified atom stereocenters. The van der Waals surface area contributed by atoms with Crippen molar-refractivity contribution >= 4 is 44.5 Å². The van der Waals surface area contributed by atoms with E-state index in [9.17, 15) is 9.59 Å². The fourth-order valence-corrected chi connectivity index (χ4v) is 3.39. The van der Waals surface area contributed by atoms with Crippen molar-refractivity contribution < 1.29 is 9.53 Å². The number of carbonyl (C=O) groups is 1. The van der Waals surface area contributed by atoms with Crippen LogP contribution in [0.5, 0.6) is 0 Å². The second kappa shape index (κ2) is 8.64. The van der Waals surface area contributed by atoms with Crippen LogP contribution in [-0.4, -0.2) is 33.9 Å². The fraction of sp³-hybridized carbons (Fsp3) is 0.438. The molecule has 0 bridgehead atoms. The minimum atomic E-state index is -0.469. The van der Waals surface area contributed by atoms with E-state index in [-0.39, 0.29) is 5.56 Å². The summed E-state index contributed by atoms with van der Waals surface area (Å²) in [4.78, 5) is 28.8. The smallest absolute Gasteiger partial charge is 0.262 e. The highest BCUT2D eigenvalue weighted by molar-refractivity contribution is 9.10. The zero-order valence-electron chi connectivity index (χ0n) is 13.6. The standard InChI is InChI=1S/C16H20BrN3O3S/c1-3-23-8-4-7-20-15(22)12-9-11(17)5-6-13(12)19-16(20)24-10(2)14(18)21/h5-6,9-10H,3-4,7-8H2,1-2H3,(H2,18,21)/t10-/m0/s1. The third-order valence-electron chi connectivity index (χ3n) is 3.44. The van der Waals surface area contributed by atoms with Gasteiger partial charge < -0.3 is 10.5 Å². The van der Waals surface area contributed by atoms with Crippen molar-refractivity contribution in [2.24, 2.45) is 5.73 Å². The van der Waals surface area contributed by atoms with E-state index in [0.717, 1.165) is 4.47 Å². The van der Waals surface area contributed by atoms with Crippen molar-refractivity contribution in [3.8, 4) is 0 Å². The minimum absolute atomic E-state index is 0.128. The number of thioether (sulfide) groups is 1. The molecule has 1 heterocycles. The Morgan fingerprint density at radius 2 is 2.25 bits per heavy atom. The normalized spacial score (nSPS) is 12.5. The number of hydrogen-bond acceptors (Lipinski definition) is 5. The van der Waals surface area contributed by atoms with Crippen LogP contribution in [-0.2, 0) is 16.1 Å². The predicted molar refractivity (Wildman–Crippen MR) is 99.3 cm³/mol. The van der Waals surface area contributed by atoms with Gasteiger partial charge in [0.25, 0.3) is 5.56 Å². The number of rotatable bonds is 8. The molecule has 1 aromatic carbocycles. The van der Waals surface area contributed by atoms with E-state index in [0.29, 0.717) is 42.2 Å². The van der Waals surface area contributed by atoms with Gasteiger partial charge >= 0.3 is 0 Å². The van der Waals surface area contributed by atoms with Crippen LogP contribution in [0, 0.1) is 0 Å². The van der Waals surface area contributed by atoms with Gasteiger partial charge in [0.05, 0.1) is 16.2 Å². The molecule has 0 fully saturated rings. The van der Waals surface area contributed by atoms with Crippen LogP contribution in [0.3, 0.4) is 0 Å². The summed E-state index contributed by atoms with van der Waals surface area (Å²) in [6, 6.07) is 5.38. The zero-order chi connectivity index (χ0) is 17.7. The van der Waals surface area contributed by atoms with E-state index in [2.05, 4.69) is 20.9 Å². The van der Waals surface area contributed by atoms with Crippen molar-refractivity contribution in [3.63, 3.8) is 0 Å². The second-order valence-corrected chi connectivity index (χ2v) is 7.45. The van der Waals surface area contributed by atoms with Gasteiger partial charge in [-0.1, -0.05) is 27.7 Å². The summed E-state index contributed by atoms with van der Waals surface area (Å²) in [6.07, 6.45) is 0.688. The first-order valence-electron chi connectivity index (χ1n) is 7.67. The van der Waals surface area contributed by atoms with Crippen LogP contribution in [0.4, 0.5) is 0 Å². The fourth-order valence-electron chi connectivity index (χ4n) is 2.15. The average molecular weight is 414 g/mol. The maximum atomic E-state index is 12.8. The third-order valence-corrected chi connectivity index (χ3v) is 5.04. The Labute approximate surface area is 152 Å². The van der Waals surface area contributed by atoms with Crippen molar-refractivity contribution in [1.82, 2.24) is 9.55 Å². The molecule has 1 atom stereocenters. The molecule has 130 valence electrons. The van der Waals surface area contributed by atoms with Crippen molar-refractivity contribution in [3.05, 3.63) is 33.0 Å². The largest absolute Gasteiger partial charge is 0.382 e.